The molecule has 0 radical (unpaired) electrons. The summed E-state index contributed by atoms with van der Waals surface area (Å²) < 4.78 is 5.14. The van der Waals surface area contributed by atoms with Gasteiger partial charge in [0.1, 0.15) is 6.61 Å². The van der Waals surface area contributed by atoms with Crippen LogP contribution in [-0.4, -0.2) is 53.0 Å². The second kappa shape index (κ2) is 7.85. The highest BCUT2D eigenvalue weighted by Crippen LogP contribution is 2.45. The predicted molar refractivity (Wildman–Crippen MR) is 121 cm³/mol. The molecule has 4 aliphatic rings. The number of aliphatic hydroxyl groups excluding tert-OH is 1. The lowest BCUT2D eigenvalue weighted by Crippen LogP contribution is -2.45. The SMILES string of the molecule is C=C1CCC(N2CCC3(CCN(C[C@H](O)c4ccc5c(c4C)COC5=O)CC3)C2=O)=C1C. The summed E-state index contributed by atoms with van der Waals surface area (Å²) in [7, 11) is 0. The Bertz CT molecular complexity index is 1030. The van der Waals surface area contributed by atoms with Gasteiger partial charge in [-0.3, -0.25) is 4.79 Å². The number of rotatable bonds is 4. The summed E-state index contributed by atoms with van der Waals surface area (Å²) >= 11 is 0. The van der Waals surface area contributed by atoms with E-state index in [9.17, 15) is 14.7 Å². The van der Waals surface area contributed by atoms with E-state index in [0.29, 0.717) is 18.0 Å². The van der Waals surface area contributed by atoms with Crippen molar-refractivity contribution in [1.29, 1.82) is 0 Å². The second-order valence-electron chi connectivity index (χ2n) is 9.86. The molecule has 2 saturated heterocycles. The first kappa shape index (κ1) is 21.4. The third-order valence-corrected chi connectivity index (χ3v) is 8.28. The molecule has 2 fully saturated rings. The van der Waals surface area contributed by atoms with Gasteiger partial charge in [0.2, 0.25) is 5.91 Å². The summed E-state index contributed by atoms with van der Waals surface area (Å²) in [6, 6.07) is 3.61. The van der Waals surface area contributed by atoms with Crippen LogP contribution in [-0.2, 0) is 16.1 Å². The molecule has 1 spiro atoms. The fourth-order valence-corrected chi connectivity index (χ4v) is 5.96. The molecule has 1 aliphatic carbocycles. The van der Waals surface area contributed by atoms with Crippen molar-refractivity contribution in [3.8, 4) is 0 Å². The minimum absolute atomic E-state index is 0.250. The van der Waals surface area contributed by atoms with E-state index >= 15 is 0 Å². The third-order valence-electron chi connectivity index (χ3n) is 8.28. The lowest BCUT2D eigenvalue weighted by Gasteiger charge is -2.39. The number of piperidine rings is 1. The molecule has 5 rings (SSSR count). The van der Waals surface area contributed by atoms with Crippen LogP contribution in [0, 0.1) is 12.3 Å². The minimum atomic E-state index is -0.627. The summed E-state index contributed by atoms with van der Waals surface area (Å²) in [6.45, 7) is 11.4. The first-order chi connectivity index (χ1) is 15.3. The third kappa shape index (κ3) is 3.32. The molecule has 1 amide bonds. The number of carbonyl (C=O) groups excluding carboxylic acids is 2. The van der Waals surface area contributed by atoms with Crippen molar-refractivity contribution in [3.63, 3.8) is 0 Å². The molecule has 1 aromatic rings. The van der Waals surface area contributed by atoms with Crippen LogP contribution in [0.5, 0.6) is 0 Å². The Morgan fingerprint density at radius 1 is 1.12 bits per heavy atom. The first-order valence-corrected chi connectivity index (χ1v) is 11.7. The zero-order chi connectivity index (χ0) is 22.6. The lowest BCUT2D eigenvalue weighted by molar-refractivity contribution is -0.137. The van der Waals surface area contributed by atoms with E-state index in [4.69, 9.17) is 4.74 Å². The van der Waals surface area contributed by atoms with E-state index in [1.54, 1.807) is 6.07 Å². The van der Waals surface area contributed by atoms with Crippen LogP contribution >= 0.6 is 0 Å². The van der Waals surface area contributed by atoms with Gasteiger partial charge in [0.25, 0.3) is 0 Å². The number of amides is 1. The molecule has 0 aromatic heterocycles. The zero-order valence-electron chi connectivity index (χ0n) is 19.1. The van der Waals surface area contributed by atoms with E-state index in [0.717, 1.165) is 74.0 Å². The Kier molecular flexibility index (Phi) is 5.25. The number of hydrogen-bond donors (Lipinski definition) is 1. The summed E-state index contributed by atoms with van der Waals surface area (Å²) in [6.07, 6.45) is 3.87. The highest BCUT2D eigenvalue weighted by atomic mass is 16.5. The van der Waals surface area contributed by atoms with E-state index in [1.807, 2.05) is 17.9 Å². The normalized spacial score (nSPS) is 24.0. The number of β-amino-alcohol motifs (C(OH)–C–C–N with tert-alkyl or cyclic N) is 1. The number of allylic oxidation sites excluding steroid dienone is 3. The fraction of sp³-hybridized carbons (Fsp3) is 0.538. The van der Waals surface area contributed by atoms with Crippen LogP contribution in [0.15, 0.2) is 35.6 Å². The fourth-order valence-electron chi connectivity index (χ4n) is 5.96. The van der Waals surface area contributed by atoms with Gasteiger partial charge in [0.05, 0.1) is 17.1 Å². The monoisotopic (exact) mass is 436 g/mol. The van der Waals surface area contributed by atoms with Crippen molar-refractivity contribution in [2.24, 2.45) is 5.41 Å². The second-order valence-corrected chi connectivity index (χ2v) is 9.86. The van der Waals surface area contributed by atoms with Crippen molar-refractivity contribution >= 4 is 11.9 Å². The van der Waals surface area contributed by atoms with E-state index in [1.165, 1.54) is 11.3 Å². The maximum Gasteiger partial charge on any atom is 0.338 e. The van der Waals surface area contributed by atoms with Gasteiger partial charge in [-0.05, 0) is 81.8 Å². The summed E-state index contributed by atoms with van der Waals surface area (Å²) in [5.74, 6) is 0.00880. The summed E-state index contributed by atoms with van der Waals surface area (Å²) in [5.41, 5.74) is 6.60. The number of fused-ring (bicyclic) bond motifs is 1. The van der Waals surface area contributed by atoms with Gasteiger partial charge in [-0.15, -0.1) is 0 Å². The topological polar surface area (TPSA) is 70.1 Å². The van der Waals surface area contributed by atoms with Crippen LogP contribution < -0.4 is 0 Å². The number of likely N-dealkylation sites (tertiary alicyclic amines) is 2. The van der Waals surface area contributed by atoms with Crippen molar-refractivity contribution in [2.75, 3.05) is 26.2 Å². The molecule has 6 heteroatoms. The maximum atomic E-state index is 13.4. The molecule has 1 atom stereocenters. The van der Waals surface area contributed by atoms with Crippen molar-refractivity contribution in [1.82, 2.24) is 9.80 Å². The van der Waals surface area contributed by atoms with Gasteiger partial charge in [0, 0.05) is 24.4 Å². The number of ether oxygens (including phenoxy) is 1. The van der Waals surface area contributed by atoms with E-state index in [-0.39, 0.29) is 18.0 Å². The quantitative estimate of drug-likeness (QED) is 0.730. The smallest absolute Gasteiger partial charge is 0.338 e. The molecule has 32 heavy (non-hydrogen) atoms. The Balaban J connectivity index is 1.23. The standard InChI is InChI=1S/C26H32N2O4/c1-16-4-7-22(17(16)2)28-13-10-26(25(28)31)8-11-27(12-9-26)14-23(29)19-5-6-20-21(18(19)3)15-32-24(20)30/h5-6,23,29H,1,4,7-15H2,2-3H3/t23-/m0/s1. The molecule has 170 valence electrons. The van der Waals surface area contributed by atoms with Gasteiger partial charge in [0.15, 0.2) is 0 Å². The minimum Gasteiger partial charge on any atom is -0.457 e. The number of nitrogens with zero attached hydrogens (tertiary/aromatic N) is 2. The molecule has 3 aliphatic heterocycles. The van der Waals surface area contributed by atoms with Gasteiger partial charge in [-0.2, -0.15) is 0 Å². The zero-order valence-corrected chi connectivity index (χ0v) is 19.1. The van der Waals surface area contributed by atoms with Gasteiger partial charge < -0.3 is 19.6 Å². The van der Waals surface area contributed by atoms with Crippen molar-refractivity contribution < 1.29 is 19.4 Å². The Morgan fingerprint density at radius 2 is 1.84 bits per heavy atom. The Hall–Kier alpha value is -2.44. The molecule has 0 saturated carbocycles. The van der Waals surface area contributed by atoms with Crippen LogP contribution in [0.2, 0.25) is 0 Å². The summed E-state index contributed by atoms with van der Waals surface area (Å²) in [4.78, 5) is 29.5. The van der Waals surface area contributed by atoms with E-state index in [2.05, 4.69) is 18.4 Å². The Labute approximate surface area is 189 Å². The molecule has 1 aromatic carbocycles. The van der Waals surface area contributed by atoms with Gasteiger partial charge in [-0.25, -0.2) is 4.79 Å². The molecule has 6 nitrogen and oxygen atoms in total. The number of aliphatic hydroxyl groups is 1. The highest BCUT2D eigenvalue weighted by Gasteiger charge is 2.49. The number of hydrogen-bond acceptors (Lipinski definition) is 5. The average Bonchev–Trinajstić information content (AvgIpc) is 3.42. The van der Waals surface area contributed by atoms with Crippen LogP contribution in [0.3, 0.4) is 0 Å². The number of esters is 1. The van der Waals surface area contributed by atoms with Gasteiger partial charge in [-0.1, -0.05) is 18.2 Å². The van der Waals surface area contributed by atoms with Crippen molar-refractivity contribution in [3.05, 3.63) is 57.8 Å². The predicted octanol–water partition coefficient (Wildman–Crippen LogP) is 3.64. The Morgan fingerprint density at radius 3 is 2.53 bits per heavy atom. The average molecular weight is 437 g/mol. The number of carbonyl (C=O) groups is 2. The molecule has 3 heterocycles. The molecular formula is C26H32N2O4. The maximum absolute atomic E-state index is 13.4. The molecule has 0 bridgehead atoms. The molecular weight excluding hydrogens is 404 g/mol. The lowest BCUT2D eigenvalue weighted by atomic mass is 9.77. The van der Waals surface area contributed by atoms with Crippen LogP contribution in [0.1, 0.15) is 72.2 Å². The van der Waals surface area contributed by atoms with Gasteiger partial charge >= 0.3 is 5.97 Å². The van der Waals surface area contributed by atoms with Crippen LogP contribution in [0.25, 0.3) is 0 Å². The van der Waals surface area contributed by atoms with Crippen LogP contribution in [0.4, 0.5) is 0 Å². The highest BCUT2D eigenvalue weighted by molar-refractivity contribution is 5.94. The van der Waals surface area contributed by atoms with E-state index < -0.39 is 6.10 Å². The molecule has 1 N–H and O–H groups in total. The number of benzene rings is 1. The first-order valence-electron chi connectivity index (χ1n) is 11.7. The van der Waals surface area contributed by atoms with Crippen molar-refractivity contribution in [2.45, 2.75) is 58.7 Å². The molecule has 0 unspecified atom stereocenters. The largest absolute Gasteiger partial charge is 0.457 e. The number of cyclic esters (lactones) is 1. The summed E-state index contributed by atoms with van der Waals surface area (Å²) in [5, 5.41) is 10.9.